The summed E-state index contributed by atoms with van der Waals surface area (Å²) in [4.78, 5) is 25.1. The molecule has 1 aromatic carbocycles. The molecule has 0 aromatic heterocycles. The van der Waals surface area contributed by atoms with Crippen molar-refractivity contribution in [1.82, 2.24) is 4.90 Å². The van der Waals surface area contributed by atoms with Crippen LogP contribution in [0.25, 0.3) is 0 Å². The molecule has 1 aliphatic rings. The van der Waals surface area contributed by atoms with E-state index < -0.39 is 5.97 Å². The number of benzene rings is 1. The van der Waals surface area contributed by atoms with Gasteiger partial charge in [0.1, 0.15) is 6.54 Å². The van der Waals surface area contributed by atoms with E-state index in [1.54, 1.807) is 4.90 Å². The third kappa shape index (κ3) is 4.56. The van der Waals surface area contributed by atoms with Crippen LogP contribution in [-0.2, 0) is 16.0 Å². The molecule has 0 heterocycles. The second-order valence-corrected chi connectivity index (χ2v) is 6.45. The highest BCUT2D eigenvalue weighted by Gasteiger charge is 2.36. The van der Waals surface area contributed by atoms with Gasteiger partial charge in [-0.15, -0.1) is 0 Å². The number of nitrogens with zero attached hydrogens (tertiary/aromatic N) is 1. The molecule has 1 N–H and O–H groups in total. The van der Waals surface area contributed by atoms with Crippen LogP contribution in [-0.4, -0.2) is 34.5 Å². The summed E-state index contributed by atoms with van der Waals surface area (Å²) in [5, 5.41) is 8.99. The van der Waals surface area contributed by atoms with Crippen LogP contribution in [0.3, 0.4) is 0 Å². The molecule has 1 amide bonds. The second kappa shape index (κ2) is 7.07. The van der Waals surface area contributed by atoms with Crippen LogP contribution in [0.15, 0.2) is 28.7 Å². The van der Waals surface area contributed by atoms with Crippen molar-refractivity contribution in [3.63, 3.8) is 0 Å². The van der Waals surface area contributed by atoms with Gasteiger partial charge in [0, 0.05) is 16.4 Å². The van der Waals surface area contributed by atoms with Crippen molar-refractivity contribution >= 4 is 27.8 Å². The first-order valence-electron chi connectivity index (χ1n) is 7.28. The van der Waals surface area contributed by atoms with E-state index in [2.05, 4.69) is 15.9 Å². The van der Waals surface area contributed by atoms with Gasteiger partial charge in [0.05, 0.1) is 0 Å². The van der Waals surface area contributed by atoms with Gasteiger partial charge in [0.25, 0.3) is 0 Å². The number of aliphatic carboxylic acids is 1. The Kier molecular flexibility index (Phi) is 5.39. The zero-order chi connectivity index (χ0) is 15.4. The molecule has 4 nitrogen and oxygen atoms in total. The fourth-order valence-corrected chi connectivity index (χ4v) is 2.95. The van der Waals surface area contributed by atoms with Crippen molar-refractivity contribution in [2.24, 2.45) is 5.92 Å². The minimum absolute atomic E-state index is 0.0256. The number of carbonyl (C=O) groups is 2. The summed E-state index contributed by atoms with van der Waals surface area (Å²) in [5.41, 5.74) is 1.09. The summed E-state index contributed by atoms with van der Waals surface area (Å²) in [6.07, 6.45) is 3.21. The normalized spacial score (nSPS) is 15.5. The monoisotopic (exact) mass is 353 g/mol. The van der Waals surface area contributed by atoms with Gasteiger partial charge in [0.2, 0.25) is 5.91 Å². The number of rotatable bonds is 7. The van der Waals surface area contributed by atoms with E-state index >= 15 is 0 Å². The Labute approximate surface area is 133 Å². The molecule has 1 aliphatic carbocycles. The lowest BCUT2D eigenvalue weighted by Gasteiger charge is -2.25. The Bertz CT molecular complexity index is 528. The smallest absolute Gasteiger partial charge is 0.323 e. The zero-order valence-electron chi connectivity index (χ0n) is 12.1. The van der Waals surface area contributed by atoms with Gasteiger partial charge >= 0.3 is 5.97 Å². The Balaban J connectivity index is 2.07. The van der Waals surface area contributed by atoms with Gasteiger partial charge in [-0.05, 0) is 43.4 Å². The molecule has 1 unspecified atom stereocenters. The Morgan fingerprint density at radius 3 is 2.67 bits per heavy atom. The summed E-state index contributed by atoms with van der Waals surface area (Å²) in [5.74, 6) is -1.12. The number of hydrogen-bond donors (Lipinski definition) is 1. The Morgan fingerprint density at radius 1 is 1.43 bits per heavy atom. The molecule has 21 heavy (non-hydrogen) atoms. The maximum absolute atomic E-state index is 12.6. The van der Waals surface area contributed by atoms with Crippen LogP contribution in [0.2, 0.25) is 0 Å². The summed E-state index contributed by atoms with van der Waals surface area (Å²) < 4.78 is 0.992. The van der Waals surface area contributed by atoms with Crippen LogP contribution < -0.4 is 0 Å². The molecule has 2 rings (SSSR count). The molecule has 114 valence electrons. The van der Waals surface area contributed by atoms with E-state index in [0.717, 1.165) is 22.9 Å². The number of amides is 1. The Hall–Kier alpha value is -1.36. The maximum atomic E-state index is 12.6. The van der Waals surface area contributed by atoms with E-state index in [9.17, 15) is 9.59 Å². The van der Waals surface area contributed by atoms with Crippen molar-refractivity contribution in [2.45, 2.75) is 38.6 Å². The van der Waals surface area contributed by atoms with Gasteiger partial charge in [-0.3, -0.25) is 9.59 Å². The topological polar surface area (TPSA) is 57.6 Å². The first-order chi connectivity index (χ1) is 10.0. The quantitative estimate of drug-likeness (QED) is 0.819. The van der Waals surface area contributed by atoms with Gasteiger partial charge in [0.15, 0.2) is 0 Å². The van der Waals surface area contributed by atoms with Crippen LogP contribution in [0.1, 0.15) is 31.7 Å². The summed E-state index contributed by atoms with van der Waals surface area (Å²) in [6, 6.07) is 8.04. The average molecular weight is 354 g/mol. The molecule has 0 spiro atoms. The van der Waals surface area contributed by atoms with Crippen molar-refractivity contribution in [3.05, 3.63) is 34.3 Å². The molecular weight excluding hydrogens is 334 g/mol. The lowest BCUT2D eigenvalue weighted by molar-refractivity contribution is -0.146. The van der Waals surface area contributed by atoms with E-state index in [4.69, 9.17) is 5.11 Å². The predicted molar refractivity (Wildman–Crippen MR) is 84.0 cm³/mol. The first kappa shape index (κ1) is 16.0. The maximum Gasteiger partial charge on any atom is 0.323 e. The number of carboxylic acids is 1. The van der Waals surface area contributed by atoms with Crippen LogP contribution in [0.5, 0.6) is 0 Å². The molecule has 1 saturated carbocycles. The van der Waals surface area contributed by atoms with E-state index in [1.165, 1.54) is 0 Å². The van der Waals surface area contributed by atoms with Gasteiger partial charge < -0.3 is 10.0 Å². The van der Waals surface area contributed by atoms with Gasteiger partial charge in [-0.2, -0.15) is 0 Å². The number of carbonyl (C=O) groups excluding carboxylic acids is 1. The molecule has 1 aromatic rings. The SMILES string of the molecule is CCC(Cc1cccc(Br)c1)C(=O)N(CC(=O)O)C1CC1. The highest BCUT2D eigenvalue weighted by Crippen LogP contribution is 2.29. The fourth-order valence-electron chi connectivity index (χ4n) is 2.51. The summed E-state index contributed by atoms with van der Waals surface area (Å²) in [7, 11) is 0. The standard InChI is InChI=1S/C16H20BrNO3/c1-2-12(8-11-4-3-5-13(17)9-11)16(21)18(10-15(19)20)14-6-7-14/h3-5,9,12,14H,2,6-8,10H2,1H3,(H,19,20). The van der Waals surface area contributed by atoms with Crippen molar-refractivity contribution < 1.29 is 14.7 Å². The molecule has 0 radical (unpaired) electrons. The van der Waals surface area contributed by atoms with Gasteiger partial charge in [-0.1, -0.05) is 35.0 Å². The molecule has 0 saturated heterocycles. The first-order valence-corrected chi connectivity index (χ1v) is 8.07. The lowest BCUT2D eigenvalue weighted by Crippen LogP contribution is -2.41. The summed E-state index contributed by atoms with van der Waals surface area (Å²) >= 11 is 3.43. The lowest BCUT2D eigenvalue weighted by atomic mass is 9.95. The molecule has 1 atom stereocenters. The third-order valence-corrected chi connectivity index (χ3v) is 4.28. The third-order valence-electron chi connectivity index (χ3n) is 3.79. The largest absolute Gasteiger partial charge is 0.480 e. The second-order valence-electron chi connectivity index (χ2n) is 5.53. The molecule has 0 bridgehead atoms. The van der Waals surface area contributed by atoms with Gasteiger partial charge in [-0.25, -0.2) is 0 Å². The average Bonchev–Trinajstić information content (AvgIpc) is 3.26. The van der Waals surface area contributed by atoms with Crippen LogP contribution in [0, 0.1) is 5.92 Å². The molecule has 5 heteroatoms. The molecule has 0 aliphatic heterocycles. The highest BCUT2D eigenvalue weighted by molar-refractivity contribution is 9.10. The minimum Gasteiger partial charge on any atom is -0.480 e. The van der Waals surface area contributed by atoms with Crippen LogP contribution >= 0.6 is 15.9 Å². The van der Waals surface area contributed by atoms with E-state index in [1.807, 2.05) is 31.2 Å². The zero-order valence-corrected chi connectivity index (χ0v) is 13.7. The van der Waals surface area contributed by atoms with Crippen molar-refractivity contribution in [1.29, 1.82) is 0 Å². The van der Waals surface area contributed by atoms with Crippen molar-refractivity contribution in [3.8, 4) is 0 Å². The van der Waals surface area contributed by atoms with Crippen molar-refractivity contribution in [2.75, 3.05) is 6.54 Å². The molecule has 1 fully saturated rings. The number of halogens is 1. The van der Waals surface area contributed by atoms with E-state index in [-0.39, 0.29) is 24.4 Å². The molecular formula is C16H20BrNO3. The predicted octanol–water partition coefficient (Wildman–Crippen LogP) is 3.09. The van der Waals surface area contributed by atoms with E-state index in [0.29, 0.717) is 12.8 Å². The summed E-state index contributed by atoms with van der Waals surface area (Å²) in [6.45, 7) is 1.80. The minimum atomic E-state index is -0.937. The fraction of sp³-hybridized carbons (Fsp3) is 0.500. The highest BCUT2D eigenvalue weighted by atomic mass is 79.9. The number of carboxylic acid groups (broad SMARTS) is 1. The van der Waals surface area contributed by atoms with Crippen LogP contribution in [0.4, 0.5) is 0 Å². The number of hydrogen-bond acceptors (Lipinski definition) is 2. The Morgan fingerprint density at radius 2 is 2.14 bits per heavy atom.